The molecule has 1 aromatic carbocycles. The summed E-state index contributed by atoms with van der Waals surface area (Å²) >= 11 is 0. The van der Waals surface area contributed by atoms with Gasteiger partial charge in [0.25, 0.3) is 0 Å². The lowest BCUT2D eigenvalue weighted by Crippen LogP contribution is -2.29. The Morgan fingerprint density at radius 1 is 1.33 bits per heavy atom. The molecule has 2 aliphatic rings. The third-order valence-electron chi connectivity index (χ3n) is 4.24. The van der Waals surface area contributed by atoms with E-state index < -0.39 is 0 Å². The molecule has 1 aliphatic heterocycles. The molecule has 0 saturated heterocycles. The smallest absolute Gasteiger partial charge is 0.0952 e. The van der Waals surface area contributed by atoms with Crippen LogP contribution in [0.4, 0.5) is 0 Å². The lowest BCUT2D eigenvalue weighted by molar-refractivity contribution is 0.0421. The average Bonchev–Trinajstić information content (AvgIpc) is 3.15. The molecule has 0 spiro atoms. The van der Waals surface area contributed by atoms with Crippen LogP contribution in [0.25, 0.3) is 0 Å². The Kier molecular flexibility index (Phi) is 3.67. The highest BCUT2D eigenvalue weighted by Gasteiger charge is 2.36. The zero-order chi connectivity index (χ0) is 12.4. The summed E-state index contributed by atoms with van der Waals surface area (Å²) in [5, 5.41) is 3.68. The molecule has 1 fully saturated rings. The van der Waals surface area contributed by atoms with Gasteiger partial charge in [0.15, 0.2) is 0 Å². The van der Waals surface area contributed by atoms with E-state index in [-0.39, 0.29) is 6.10 Å². The molecule has 1 N–H and O–H groups in total. The molecule has 0 radical (unpaired) electrons. The van der Waals surface area contributed by atoms with E-state index in [0.29, 0.717) is 0 Å². The fourth-order valence-corrected chi connectivity index (χ4v) is 3.09. The van der Waals surface area contributed by atoms with Crippen LogP contribution in [-0.4, -0.2) is 19.2 Å². The Hall–Kier alpha value is -0.860. The fourth-order valence-electron chi connectivity index (χ4n) is 3.09. The monoisotopic (exact) mass is 245 g/mol. The van der Waals surface area contributed by atoms with E-state index in [9.17, 15) is 0 Å². The van der Waals surface area contributed by atoms with Crippen molar-refractivity contribution in [2.45, 2.75) is 44.8 Å². The van der Waals surface area contributed by atoms with Crippen molar-refractivity contribution in [2.75, 3.05) is 13.2 Å². The predicted molar refractivity (Wildman–Crippen MR) is 73.6 cm³/mol. The van der Waals surface area contributed by atoms with Crippen LogP contribution >= 0.6 is 0 Å². The van der Waals surface area contributed by atoms with E-state index in [1.54, 1.807) is 0 Å². The second-order valence-electron chi connectivity index (χ2n) is 5.61. The van der Waals surface area contributed by atoms with Crippen molar-refractivity contribution in [3.63, 3.8) is 0 Å². The number of nitrogens with one attached hydrogen (secondary N) is 1. The van der Waals surface area contributed by atoms with Gasteiger partial charge in [0.1, 0.15) is 0 Å². The Labute approximate surface area is 110 Å². The first kappa shape index (κ1) is 12.2. The van der Waals surface area contributed by atoms with Crippen LogP contribution in [-0.2, 0) is 11.2 Å². The zero-order valence-corrected chi connectivity index (χ0v) is 11.2. The van der Waals surface area contributed by atoms with Crippen LogP contribution in [0.1, 0.15) is 43.4 Å². The molecular weight excluding hydrogens is 222 g/mol. The minimum absolute atomic E-state index is 0.262. The molecule has 0 amide bonds. The van der Waals surface area contributed by atoms with Crippen molar-refractivity contribution in [3.8, 4) is 0 Å². The average molecular weight is 245 g/mol. The minimum Gasteiger partial charge on any atom is -0.372 e. The van der Waals surface area contributed by atoms with Gasteiger partial charge in [0.05, 0.1) is 12.7 Å². The maximum absolute atomic E-state index is 5.92. The molecule has 1 aromatic rings. The molecule has 3 atom stereocenters. The summed E-state index contributed by atoms with van der Waals surface area (Å²) in [5.74, 6) is 0.925. The molecule has 3 rings (SSSR count). The van der Waals surface area contributed by atoms with E-state index in [1.165, 1.54) is 30.4 Å². The van der Waals surface area contributed by atoms with Gasteiger partial charge in [-0.3, -0.25) is 0 Å². The molecule has 18 heavy (non-hydrogen) atoms. The molecule has 1 heterocycles. The number of fused-ring (bicyclic) bond motifs is 1. The molecular formula is C16H23NO. The summed E-state index contributed by atoms with van der Waals surface area (Å²) in [4.78, 5) is 0. The molecule has 1 aliphatic carbocycles. The van der Waals surface area contributed by atoms with Gasteiger partial charge < -0.3 is 10.1 Å². The maximum atomic E-state index is 5.92. The summed E-state index contributed by atoms with van der Waals surface area (Å²) < 4.78 is 5.92. The quantitative estimate of drug-likeness (QED) is 0.860. The number of ether oxygens (including phenoxy) is 1. The van der Waals surface area contributed by atoms with E-state index in [2.05, 4.69) is 36.5 Å². The SMILES string of the molecule is CCCC1CC1NCC1OCCc2ccccc21. The van der Waals surface area contributed by atoms with Crippen LogP contribution < -0.4 is 5.32 Å². The van der Waals surface area contributed by atoms with Crippen LogP contribution in [0.3, 0.4) is 0 Å². The predicted octanol–water partition coefficient (Wildman–Crippen LogP) is 3.08. The lowest BCUT2D eigenvalue weighted by atomic mass is 9.97. The van der Waals surface area contributed by atoms with Crippen molar-refractivity contribution >= 4 is 0 Å². The van der Waals surface area contributed by atoms with Gasteiger partial charge in [0, 0.05) is 12.6 Å². The van der Waals surface area contributed by atoms with E-state index in [0.717, 1.165) is 31.5 Å². The molecule has 0 aromatic heterocycles. The van der Waals surface area contributed by atoms with Crippen molar-refractivity contribution in [3.05, 3.63) is 35.4 Å². The van der Waals surface area contributed by atoms with Crippen molar-refractivity contribution in [2.24, 2.45) is 5.92 Å². The summed E-state index contributed by atoms with van der Waals surface area (Å²) in [6, 6.07) is 9.46. The zero-order valence-electron chi connectivity index (χ0n) is 11.2. The summed E-state index contributed by atoms with van der Waals surface area (Å²) in [5.41, 5.74) is 2.86. The topological polar surface area (TPSA) is 21.3 Å². The van der Waals surface area contributed by atoms with Crippen LogP contribution in [0.15, 0.2) is 24.3 Å². The molecule has 2 nitrogen and oxygen atoms in total. The summed E-state index contributed by atoms with van der Waals surface area (Å²) in [6.07, 6.45) is 5.38. The van der Waals surface area contributed by atoms with Gasteiger partial charge in [-0.2, -0.15) is 0 Å². The Morgan fingerprint density at radius 2 is 2.22 bits per heavy atom. The molecule has 1 saturated carbocycles. The molecule has 98 valence electrons. The van der Waals surface area contributed by atoms with Gasteiger partial charge in [0.2, 0.25) is 0 Å². The highest BCUT2D eigenvalue weighted by atomic mass is 16.5. The van der Waals surface area contributed by atoms with E-state index in [1.807, 2.05) is 0 Å². The largest absolute Gasteiger partial charge is 0.372 e. The van der Waals surface area contributed by atoms with Crippen molar-refractivity contribution in [1.82, 2.24) is 5.32 Å². The highest BCUT2D eigenvalue weighted by Crippen LogP contribution is 2.35. The highest BCUT2D eigenvalue weighted by molar-refractivity contribution is 5.31. The van der Waals surface area contributed by atoms with Gasteiger partial charge in [-0.05, 0) is 36.3 Å². The Bertz CT molecular complexity index is 404. The summed E-state index contributed by atoms with van der Waals surface area (Å²) in [6.45, 7) is 4.12. The standard InChI is InChI=1S/C16H23NO/c1-2-5-13-10-15(13)17-11-16-14-7-4-3-6-12(14)8-9-18-16/h3-4,6-7,13,15-17H,2,5,8-11H2,1H3. The lowest BCUT2D eigenvalue weighted by Gasteiger charge is -2.26. The van der Waals surface area contributed by atoms with Crippen LogP contribution in [0.2, 0.25) is 0 Å². The Morgan fingerprint density at radius 3 is 3.11 bits per heavy atom. The van der Waals surface area contributed by atoms with Crippen LogP contribution in [0.5, 0.6) is 0 Å². The first-order valence-electron chi connectivity index (χ1n) is 7.31. The minimum atomic E-state index is 0.262. The first-order valence-corrected chi connectivity index (χ1v) is 7.31. The second kappa shape index (κ2) is 5.41. The van der Waals surface area contributed by atoms with Crippen molar-refractivity contribution in [1.29, 1.82) is 0 Å². The number of hydrogen-bond donors (Lipinski definition) is 1. The number of rotatable bonds is 5. The van der Waals surface area contributed by atoms with Crippen molar-refractivity contribution < 1.29 is 4.74 Å². The fraction of sp³-hybridized carbons (Fsp3) is 0.625. The van der Waals surface area contributed by atoms with Gasteiger partial charge in [-0.1, -0.05) is 37.6 Å². The third kappa shape index (κ3) is 2.60. The van der Waals surface area contributed by atoms with E-state index >= 15 is 0 Å². The number of benzene rings is 1. The van der Waals surface area contributed by atoms with Gasteiger partial charge in [-0.25, -0.2) is 0 Å². The van der Waals surface area contributed by atoms with E-state index in [4.69, 9.17) is 4.74 Å². The number of hydrogen-bond acceptors (Lipinski definition) is 2. The third-order valence-corrected chi connectivity index (χ3v) is 4.24. The molecule has 2 heteroatoms. The second-order valence-corrected chi connectivity index (χ2v) is 5.61. The van der Waals surface area contributed by atoms with Gasteiger partial charge in [-0.15, -0.1) is 0 Å². The normalized spacial score (nSPS) is 29.9. The maximum Gasteiger partial charge on any atom is 0.0952 e. The summed E-state index contributed by atoms with van der Waals surface area (Å²) in [7, 11) is 0. The first-order chi connectivity index (χ1) is 8.88. The van der Waals surface area contributed by atoms with Crippen LogP contribution in [0, 0.1) is 5.92 Å². The Balaban J connectivity index is 1.55. The molecule has 0 bridgehead atoms. The molecule has 3 unspecified atom stereocenters. The van der Waals surface area contributed by atoms with Gasteiger partial charge >= 0.3 is 0 Å².